The van der Waals surface area contributed by atoms with Crippen molar-refractivity contribution in [2.45, 2.75) is 0 Å². The lowest BCUT2D eigenvalue weighted by atomic mass is 10.3. The molecule has 0 aliphatic carbocycles. The average molecular weight is 559 g/mol. The molecule has 0 heterocycles. The van der Waals surface area contributed by atoms with Gasteiger partial charge in [0, 0.05) is 105 Å². The minimum absolute atomic E-state index is 1.03. The Labute approximate surface area is 245 Å². The highest BCUT2D eigenvalue weighted by molar-refractivity contribution is 4.71. The summed E-state index contributed by atoms with van der Waals surface area (Å²) in [6.45, 7) is 18.8. The number of hydrogen-bond acceptors (Lipinski definition) is 10. The van der Waals surface area contributed by atoms with Crippen molar-refractivity contribution in [3.05, 3.63) is 0 Å². The van der Waals surface area contributed by atoms with Gasteiger partial charge in [-0.15, -0.1) is 0 Å². The van der Waals surface area contributed by atoms with Crippen LogP contribution in [0.25, 0.3) is 0 Å². The molecule has 0 saturated carbocycles. The molecule has 0 aliphatic heterocycles. The minimum atomic E-state index is 1.03. The van der Waals surface area contributed by atoms with E-state index in [1.54, 1.807) is 0 Å². The first-order valence-corrected chi connectivity index (χ1v) is 15.1. The van der Waals surface area contributed by atoms with Gasteiger partial charge in [-0.2, -0.15) is 0 Å². The quantitative estimate of drug-likeness (QED) is 0.130. The highest BCUT2D eigenvalue weighted by Crippen LogP contribution is 2.02. The fraction of sp³-hybridized carbons (Fsp3) is 1.00. The Kier molecular flexibility index (Phi) is 23.0. The summed E-state index contributed by atoms with van der Waals surface area (Å²) < 4.78 is 0. The monoisotopic (exact) mass is 559 g/mol. The highest BCUT2D eigenvalue weighted by atomic mass is 15.3. The lowest BCUT2D eigenvalue weighted by Crippen LogP contribution is -2.49. The molecule has 0 atom stereocenters. The summed E-state index contributed by atoms with van der Waals surface area (Å²) in [5.41, 5.74) is 0. The van der Waals surface area contributed by atoms with Gasteiger partial charge in [0.25, 0.3) is 0 Å². The molecule has 0 aromatic carbocycles. The lowest BCUT2D eigenvalue weighted by molar-refractivity contribution is 0.0894. The van der Waals surface area contributed by atoms with E-state index in [9.17, 15) is 0 Å². The zero-order chi connectivity index (χ0) is 29.8. The van der Waals surface area contributed by atoms with Crippen LogP contribution in [0.4, 0.5) is 0 Å². The van der Waals surface area contributed by atoms with E-state index in [2.05, 4.69) is 134 Å². The van der Waals surface area contributed by atoms with Crippen molar-refractivity contribution in [2.75, 3.05) is 196 Å². The highest BCUT2D eigenvalue weighted by Gasteiger charge is 2.16. The summed E-state index contributed by atoms with van der Waals surface area (Å²) in [7, 11) is 26.2. The maximum absolute atomic E-state index is 2.72. The van der Waals surface area contributed by atoms with Crippen molar-refractivity contribution >= 4 is 0 Å². The van der Waals surface area contributed by atoms with E-state index >= 15 is 0 Å². The van der Waals surface area contributed by atoms with Crippen LogP contribution in [0.3, 0.4) is 0 Å². The van der Waals surface area contributed by atoms with Gasteiger partial charge in [0.1, 0.15) is 0 Å². The van der Waals surface area contributed by atoms with Crippen LogP contribution in [-0.4, -0.2) is 245 Å². The van der Waals surface area contributed by atoms with Gasteiger partial charge in [-0.1, -0.05) is 0 Å². The number of hydrogen-bond donors (Lipinski definition) is 0. The van der Waals surface area contributed by atoms with Crippen molar-refractivity contribution in [3.63, 3.8) is 0 Å². The van der Waals surface area contributed by atoms with Crippen LogP contribution in [0.15, 0.2) is 0 Å². The molecule has 0 fully saturated rings. The molecule has 0 saturated heterocycles. The molecule has 0 spiro atoms. The van der Waals surface area contributed by atoms with Gasteiger partial charge in [-0.05, 0) is 84.6 Å². The van der Waals surface area contributed by atoms with Gasteiger partial charge in [0.2, 0.25) is 0 Å². The first-order valence-electron chi connectivity index (χ1n) is 15.1. The van der Waals surface area contributed by atoms with Crippen LogP contribution in [0.5, 0.6) is 0 Å². The Balaban J connectivity index is 5.53. The molecule has 236 valence electrons. The van der Waals surface area contributed by atoms with Gasteiger partial charge in [0.05, 0.1) is 6.67 Å². The summed E-state index contributed by atoms with van der Waals surface area (Å²) in [4.78, 5) is 24.5. The van der Waals surface area contributed by atoms with Crippen LogP contribution < -0.4 is 0 Å². The molecule has 0 aromatic rings. The first kappa shape index (κ1) is 38.6. The molecule has 10 heteroatoms. The second-order valence-corrected chi connectivity index (χ2v) is 12.9. The number of nitrogens with zero attached hydrogens (tertiary/aromatic N) is 10. The van der Waals surface area contributed by atoms with Gasteiger partial charge < -0.3 is 29.4 Å². The summed E-state index contributed by atoms with van der Waals surface area (Å²) in [5, 5.41) is 0. The maximum Gasteiger partial charge on any atom is 0.0508 e. The Morgan fingerprint density at radius 1 is 0.205 bits per heavy atom. The van der Waals surface area contributed by atoms with E-state index < -0.39 is 0 Å². The fourth-order valence-corrected chi connectivity index (χ4v) is 4.07. The van der Waals surface area contributed by atoms with Crippen LogP contribution in [0.2, 0.25) is 0 Å². The average Bonchev–Trinajstić information content (AvgIpc) is 2.83. The largest absolute Gasteiger partial charge is 0.308 e. The van der Waals surface area contributed by atoms with Crippen molar-refractivity contribution in [1.29, 1.82) is 0 Å². The number of likely N-dealkylation sites (N-methyl/N-ethyl adjacent to an activating group) is 6. The minimum Gasteiger partial charge on any atom is -0.308 e. The molecule has 0 aliphatic rings. The van der Waals surface area contributed by atoms with Crippen molar-refractivity contribution in [2.24, 2.45) is 0 Å². The van der Waals surface area contributed by atoms with E-state index in [1.165, 1.54) is 0 Å². The molecule has 0 N–H and O–H groups in total. The van der Waals surface area contributed by atoms with Crippen LogP contribution in [0.1, 0.15) is 0 Å². The van der Waals surface area contributed by atoms with Crippen LogP contribution in [0, 0.1) is 0 Å². The predicted octanol–water partition coefficient (Wildman–Crippen LogP) is -0.478. The van der Waals surface area contributed by atoms with Gasteiger partial charge in [0.15, 0.2) is 0 Å². The molecular formula is C29H70N10. The van der Waals surface area contributed by atoms with Gasteiger partial charge >= 0.3 is 0 Å². The van der Waals surface area contributed by atoms with Gasteiger partial charge in [-0.3, -0.25) is 19.6 Å². The summed E-state index contributed by atoms with van der Waals surface area (Å²) in [5.74, 6) is 0. The Hall–Kier alpha value is -0.400. The van der Waals surface area contributed by atoms with E-state index in [0.717, 1.165) is 111 Å². The van der Waals surface area contributed by atoms with Crippen molar-refractivity contribution < 1.29 is 0 Å². The third kappa shape index (κ3) is 25.1. The van der Waals surface area contributed by atoms with Crippen molar-refractivity contribution in [1.82, 2.24) is 49.0 Å². The SMILES string of the molecule is CN(C)CCN(CCN(C)C)CCN(CCN(CCN(C)C)CCN(C)C)CN(CCN(C)C)CCN(C)C. The molecule has 10 nitrogen and oxygen atoms in total. The maximum atomic E-state index is 2.72. The molecule has 0 aromatic heterocycles. The predicted molar refractivity (Wildman–Crippen MR) is 172 cm³/mol. The zero-order valence-corrected chi connectivity index (χ0v) is 28.5. The molecular weight excluding hydrogens is 488 g/mol. The smallest absolute Gasteiger partial charge is 0.0508 e. The van der Waals surface area contributed by atoms with Crippen LogP contribution in [-0.2, 0) is 0 Å². The summed E-state index contributed by atoms with van der Waals surface area (Å²) in [6.07, 6.45) is 0. The van der Waals surface area contributed by atoms with E-state index in [4.69, 9.17) is 0 Å². The molecule has 0 rings (SSSR count). The van der Waals surface area contributed by atoms with E-state index in [0.29, 0.717) is 0 Å². The first-order chi connectivity index (χ1) is 18.3. The Bertz CT molecular complexity index is 474. The standard InChI is InChI=1S/C29H70N10/c1-30(2)13-19-36(20-14-31(3)4)25-27-39(29-38(23-17-34(9)10)24-18-35(11)12)28-26-37(21-15-32(5)6)22-16-33(7)8/h13-29H2,1-12H3. The Morgan fingerprint density at radius 2 is 0.359 bits per heavy atom. The molecule has 0 radical (unpaired) electrons. The van der Waals surface area contributed by atoms with Crippen molar-refractivity contribution in [3.8, 4) is 0 Å². The topological polar surface area (TPSA) is 32.4 Å². The fourth-order valence-electron chi connectivity index (χ4n) is 4.07. The normalized spacial score (nSPS) is 13.1. The third-order valence-electron chi connectivity index (χ3n) is 7.05. The second kappa shape index (κ2) is 23.2. The summed E-state index contributed by atoms with van der Waals surface area (Å²) >= 11 is 0. The molecule has 0 bridgehead atoms. The zero-order valence-electron chi connectivity index (χ0n) is 28.5. The van der Waals surface area contributed by atoms with E-state index in [-0.39, 0.29) is 0 Å². The van der Waals surface area contributed by atoms with Gasteiger partial charge in [-0.25, -0.2) is 0 Å². The number of rotatable bonds is 26. The third-order valence-corrected chi connectivity index (χ3v) is 7.05. The second-order valence-electron chi connectivity index (χ2n) is 12.9. The van der Waals surface area contributed by atoms with Crippen LogP contribution >= 0.6 is 0 Å². The molecule has 0 unspecified atom stereocenters. The lowest BCUT2D eigenvalue weighted by Gasteiger charge is -2.35. The van der Waals surface area contributed by atoms with E-state index in [1.807, 2.05) is 0 Å². The molecule has 0 amide bonds. The Morgan fingerprint density at radius 3 is 0.564 bits per heavy atom. The summed E-state index contributed by atoms with van der Waals surface area (Å²) in [6, 6.07) is 0. The molecule has 39 heavy (non-hydrogen) atoms.